The largest absolute Gasteiger partial charge is 0.468 e. The van der Waals surface area contributed by atoms with Crippen LogP contribution >= 0.6 is 0 Å². The number of nitrogens with zero attached hydrogens (tertiary/aromatic N) is 2. The third kappa shape index (κ3) is 2.44. The molecule has 0 bridgehead atoms. The number of aromatic nitrogens is 2. The summed E-state index contributed by atoms with van der Waals surface area (Å²) < 4.78 is 6.35. The molecule has 0 fully saturated rings. The molecule has 1 heterocycles. The van der Waals surface area contributed by atoms with Crippen LogP contribution in [0.4, 0.5) is 5.69 Å². The molecule has 5 heteroatoms. The number of nitrogens with two attached hydrogens (primary N) is 1. The smallest absolute Gasteiger partial charge is 0.325 e. The molecule has 0 aliphatic carbocycles. The van der Waals surface area contributed by atoms with Gasteiger partial charge in [-0.25, -0.2) is 4.98 Å². The van der Waals surface area contributed by atoms with Crippen molar-refractivity contribution in [3.8, 4) is 11.4 Å². The molecule has 2 N–H and O–H groups in total. The van der Waals surface area contributed by atoms with Gasteiger partial charge in [0, 0.05) is 23.6 Å². The van der Waals surface area contributed by atoms with Crippen LogP contribution in [0.5, 0.6) is 0 Å². The lowest BCUT2D eigenvalue weighted by molar-refractivity contribution is -0.141. The molecule has 2 rings (SSSR count). The summed E-state index contributed by atoms with van der Waals surface area (Å²) in [7, 11) is 1.36. The molecule has 5 nitrogen and oxygen atoms in total. The molecule has 0 unspecified atom stereocenters. The van der Waals surface area contributed by atoms with E-state index in [2.05, 4.69) is 9.72 Å². The minimum Gasteiger partial charge on any atom is -0.468 e. The Kier molecular flexibility index (Phi) is 3.09. The van der Waals surface area contributed by atoms with E-state index in [0.717, 1.165) is 5.56 Å². The van der Waals surface area contributed by atoms with Gasteiger partial charge in [0.25, 0.3) is 0 Å². The molecule has 2 aromatic rings. The highest BCUT2D eigenvalue weighted by atomic mass is 16.5. The van der Waals surface area contributed by atoms with E-state index in [1.54, 1.807) is 23.0 Å². The summed E-state index contributed by atoms with van der Waals surface area (Å²) in [6, 6.07) is 7.36. The molecule has 0 saturated heterocycles. The van der Waals surface area contributed by atoms with Gasteiger partial charge in [0.2, 0.25) is 0 Å². The molecule has 0 saturated carbocycles. The van der Waals surface area contributed by atoms with Crippen LogP contribution in [0.2, 0.25) is 0 Å². The summed E-state index contributed by atoms with van der Waals surface area (Å²) in [4.78, 5) is 15.4. The fourth-order valence-corrected chi connectivity index (χ4v) is 1.58. The van der Waals surface area contributed by atoms with Crippen molar-refractivity contribution in [2.75, 3.05) is 12.8 Å². The van der Waals surface area contributed by atoms with Crippen LogP contribution in [0.1, 0.15) is 0 Å². The number of rotatable bonds is 3. The van der Waals surface area contributed by atoms with Gasteiger partial charge < -0.3 is 15.0 Å². The molecule has 0 amide bonds. The van der Waals surface area contributed by atoms with Crippen LogP contribution in [0, 0.1) is 0 Å². The Morgan fingerprint density at radius 2 is 2.35 bits per heavy atom. The van der Waals surface area contributed by atoms with E-state index < -0.39 is 0 Å². The number of imidazole rings is 1. The van der Waals surface area contributed by atoms with E-state index in [1.165, 1.54) is 7.11 Å². The average Bonchev–Trinajstić information content (AvgIpc) is 2.77. The van der Waals surface area contributed by atoms with E-state index in [1.807, 2.05) is 18.2 Å². The second-order valence-corrected chi connectivity index (χ2v) is 3.58. The van der Waals surface area contributed by atoms with Crippen molar-refractivity contribution in [3.05, 3.63) is 36.7 Å². The Balaban J connectivity index is 2.33. The SMILES string of the molecule is COC(=O)Cn1ccnc1-c1cccc(N)c1. The van der Waals surface area contributed by atoms with Gasteiger partial charge >= 0.3 is 5.97 Å². The Labute approximate surface area is 98.8 Å². The number of carbonyl (C=O) groups excluding carboxylic acids is 1. The fraction of sp³-hybridized carbons (Fsp3) is 0.167. The Hall–Kier alpha value is -2.30. The monoisotopic (exact) mass is 231 g/mol. The number of anilines is 1. The number of benzene rings is 1. The van der Waals surface area contributed by atoms with Crippen LogP contribution in [-0.2, 0) is 16.1 Å². The number of carbonyl (C=O) groups is 1. The van der Waals surface area contributed by atoms with Gasteiger partial charge in [0.05, 0.1) is 7.11 Å². The van der Waals surface area contributed by atoms with Crippen LogP contribution in [0.25, 0.3) is 11.4 Å². The first-order valence-corrected chi connectivity index (χ1v) is 5.14. The van der Waals surface area contributed by atoms with E-state index in [0.29, 0.717) is 11.5 Å². The first-order valence-electron chi connectivity index (χ1n) is 5.14. The molecular weight excluding hydrogens is 218 g/mol. The number of hydrogen-bond acceptors (Lipinski definition) is 4. The molecule has 17 heavy (non-hydrogen) atoms. The van der Waals surface area contributed by atoms with E-state index in [9.17, 15) is 4.79 Å². The number of methoxy groups -OCH3 is 1. The van der Waals surface area contributed by atoms with Crippen LogP contribution in [0.3, 0.4) is 0 Å². The zero-order valence-electron chi connectivity index (χ0n) is 9.46. The highest BCUT2D eigenvalue weighted by Gasteiger charge is 2.09. The molecule has 0 aliphatic rings. The molecule has 1 aromatic heterocycles. The lowest BCUT2D eigenvalue weighted by atomic mass is 10.2. The van der Waals surface area contributed by atoms with E-state index in [-0.39, 0.29) is 12.5 Å². The summed E-state index contributed by atoms with van der Waals surface area (Å²) in [5, 5.41) is 0. The van der Waals surface area contributed by atoms with Gasteiger partial charge in [0.15, 0.2) is 0 Å². The fourth-order valence-electron chi connectivity index (χ4n) is 1.58. The number of hydrogen-bond donors (Lipinski definition) is 1. The molecule has 0 atom stereocenters. The van der Waals surface area contributed by atoms with Crippen LogP contribution in [-0.4, -0.2) is 22.6 Å². The summed E-state index contributed by atoms with van der Waals surface area (Å²) in [6.45, 7) is 0.140. The lowest BCUT2D eigenvalue weighted by Crippen LogP contribution is -2.11. The summed E-state index contributed by atoms with van der Waals surface area (Å²) >= 11 is 0. The van der Waals surface area contributed by atoms with Gasteiger partial charge in [-0.2, -0.15) is 0 Å². The first kappa shape index (κ1) is 11.2. The molecule has 88 valence electrons. The number of ether oxygens (including phenoxy) is 1. The summed E-state index contributed by atoms with van der Waals surface area (Å²) in [6.07, 6.45) is 3.37. The van der Waals surface area contributed by atoms with Gasteiger partial charge in [0.1, 0.15) is 12.4 Å². The number of nitrogen functional groups attached to an aromatic ring is 1. The first-order chi connectivity index (χ1) is 8.20. The topological polar surface area (TPSA) is 70.1 Å². The van der Waals surface area contributed by atoms with Crippen molar-refractivity contribution >= 4 is 11.7 Å². The highest BCUT2D eigenvalue weighted by Crippen LogP contribution is 2.19. The van der Waals surface area contributed by atoms with Gasteiger partial charge in [-0.15, -0.1) is 0 Å². The molecule has 0 aliphatic heterocycles. The zero-order chi connectivity index (χ0) is 12.3. The second-order valence-electron chi connectivity index (χ2n) is 3.58. The molecule has 0 radical (unpaired) electrons. The van der Waals surface area contributed by atoms with Crippen molar-refractivity contribution < 1.29 is 9.53 Å². The average molecular weight is 231 g/mol. The predicted molar refractivity (Wildman–Crippen MR) is 64.1 cm³/mol. The van der Waals surface area contributed by atoms with Gasteiger partial charge in [-0.1, -0.05) is 12.1 Å². The summed E-state index contributed by atoms with van der Waals surface area (Å²) in [5.74, 6) is 0.385. The molecule has 0 spiro atoms. The maximum absolute atomic E-state index is 11.2. The predicted octanol–water partition coefficient (Wildman–Crippen LogP) is 1.31. The van der Waals surface area contributed by atoms with Crippen molar-refractivity contribution in [2.45, 2.75) is 6.54 Å². The standard InChI is InChI=1S/C12H13N3O2/c1-17-11(16)8-15-6-5-14-12(15)9-3-2-4-10(13)7-9/h2-7H,8,13H2,1H3. The van der Waals surface area contributed by atoms with E-state index in [4.69, 9.17) is 5.73 Å². The highest BCUT2D eigenvalue weighted by molar-refractivity contribution is 5.70. The third-order valence-corrected chi connectivity index (χ3v) is 2.39. The second kappa shape index (κ2) is 4.69. The van der Waals surface area contributed by atoms with Gasteiger partial charge in [-0.3, -0.25) is 4.79 Å². The maximum Gasteiger partial charge on any atom is 0.325 e. The number of esters is 1. The zero-order valence-corrected chi connectivity index (χ0v) is 9.46. The van der Waals surface area contributed by atoms with Crippen LogP contribution < -0.4 is 5.73 Å². The molecule has 1 aromatic carbocycles. The van der Waals surface area contributed by atoms with Crippen molar-refractivity contribution in [1.82, 2.24) is 9.55 Å². The lowest BCUT2D eigenvalue weighted by Gasteiger charge is -2.06. The third-order valence-electron chi connectivity index (χ3n) is 2.39. The van der Waals surface area contributed by atoms with Gasteiger partial charge in [-0.05, 0) is 12.1 Å². The minimum absolute atomic E-state index is 0.140. The Morgan fingerprint density at radius 3 is 3.06 bits per heavy atom. The van der Waals surface area contributed by atoms with Crippen LogP contribution in [0.15, 0.2) is 36.7 Å². The maximum atomic E-state index is 11.2. The molecular formula is C12H13N3O2. The Bertz CT molecular complexity index is 534. The van der Waals surface area contributed by atoms with Crippen molar-refractivity contribution in [2.24, 2.45) is 0 Å². The van der Waals surface area contributed by atoms with Crippen molar-refractivity contribution in [3.63, 3.8) is 0 Å². The van der Waals surface area contributed by atoms with Crippen molar-refractivity contribution in [1.29, 1.82) is 0 Å². The quantitative estimate of drug-likeness (QED) is 0.638. The van der Waals surface area contributed by atoms with E-state index >= 15 is 0 Å². The normalized spacial score (nSPS) is 10.2. The minimum atomic E-state index is -0.312. The Morgan fingerprint density at radius 1 is 1.53 bits per heavy atom. The summed E-state index contributed by atoms with van der Waals surface area (Å²) in [5.41, 5.74) is 7.25.